The molecule has 0 aromatic heterocycles. The molecule has 1 unspecified atom stereocenters. The second-order valence-corrected chi connectivity index (χ2v) is 5.94. The maximum atomic E-state index is 6.09. The Balaban J connectivity index is 2.07. The third-order valence-electron chi connectivity index (χ3n) is 3.59. The zero-order valence-corrected chi connectivity index (χ0v) is 12.9. The summed E-state index contributed by atoms with van der Waals surface area (Å²) in [5.41, 5.74) is 2.80. The average molecular weight is 298 g/mol. The Morgan fingerprint density at radius 1 is 1.26 bits per heavy atom. The van der Waals surface area contributed by atoms with Crippen molar-refractivity contribution in [3.05, 3.63) is 45.5 Å². The van der Waals surface area contributed by atoms with E-state index in [1.807, 2.05) is 12.1 Å². The van der Waals surface area contributed by atoms with Gasteiger partial charge in [-0.3, -0.25) is 0 Å². The molecule has 0 saturated heterocycles. The van der Waals surface area contributed by atoms with Crippen molar-refractivity contribution < 1.29 is 0 Å². The summed E-state index contributed by atoms with van der Waals surface area (Å²) in [7, 11) is 0. The minimum atomic E-state index is 0.444. The molecule has 1 aliphatic rings. The number of rotatable bonds is 6. The van der Waals surface area contributed by atoms with Crippen molar-refractivity contribution in [1.82, 2.24) is 5.32 Å². The van der Waals surface area contributed by atoms with Crippen molar-refractivity contribution in [3.8, 4) is 0 Å². The SMILES string of the molecule is CCCNC(Cc1ccc(Cl)c(Cl)c1)C1=CCCC1. The molecule has 1 aromatic rings. The minimum Gasteiger partial charge on any atom is -0.310 e. The number of nitrogens with one attached hydrogen (secondary N) is 1. The molecule has 1 N–H and O–H groups in total. The molecule has 0 heterocycles. The van der Waals surface area contributed by atoms with Gasteiger partial charge in [-0.1, -0.05) is 47.8 Å². The molecule has 1 atom stereocenters. The molecular weight excluding hydrogens is 277 g/mol. The van der Waals surface area contributed by atoms with Crippen LogP contribution in [0.15, 0.2) is 29.8 Å². The topological polar surface area (TPSA) is 12.0 Å². The fourth-order valence-corrected chi connectivity index (χ4v) is 2.89. The predicted molar refractivity (Wildman–Crippen MR) is 84.2 cm³/mol. The second-order valence-electron chi connectivity index (χ2n) is 5.13. The molecule has 2 rings (SSSR count). The Morgan fingerprint density at radius 2 is 2.11 bits per heavy atom. The summed E-state index contributed by atoms with van der Waals surface area (Å²) in [5, 5.41) is 4.92. The first-order valence-electron chi connectivity index (χ1n) is 7.07. The fraction of sp³-hybridized carbons (Fsp3) is 0.500. The summed E-state index contributed by atoms with van der Waals surface area (Å²) in [5.74, 6) is 0. The van der Waals surface area contributed by atoms with E-state index in [9.17, 15) is 0 Å². The Kier molecular flexibility index (Phi) is 5.75. The number of hydrogen-bond donors (Lipinski definition) is 1. The molecule has 1 aliphatic carbocycles. The molecule has 0 saturated carbocycles. The highest BCUT2D eigenvalue weighted by molar-refractivity contribution is 6.42. The van der Waals surface area contributed by atoms with Crippen LogP contribution in [0.3, 0.4) is 0 Å². The van der Waals surface area contributed by atoms with Gasteiger partial charge in [0, 0.05) is 6.04 Å². The fourth-order valence-electron chi connectivity index (χ4n) is 2.57. The van der Waals surface area contributed by atoms with E-state index in [1.54, 1.807) is 5.57 Å². The first-order chi connectivity index (χ1) is 9.20. The molecule has 0 spiro atoms. The molecule has 0 amide bonds. The average Bonchev–Trinajstić information content (AvgIpc) is 2.92. The number of allylic oxidation sites excluding steroid dienone is 1. The van der Waals surface area contributed by atoms with Gasteiger partial charge in [0.2, 0.25) is 0 Å². The van der Waals surface area contributed by atoms with Gasteiger partial charge in [-0.2, -0.15) is 0 Å². The van der Waals surface area contributed by atoms with Gasteiger partial charge in [-0.25, -0.2) is 0 Å². The van der Waals surface area contributed by atoms with Gasteiger partial charge < -0.3 is 5.32 Å². The van der Waals surface area contributed by atoms with Gasteiger partial charge in [0.1, 0.15) is 0 Å². The van der Waals surface area contributed by atoms with Crippen molar-refractivity contribution in [2.75, 3.05) is 6.54 Å². The molecule has 0 fully saturated rings. The largest absolute Gasteiger partial charge is 0.310 e. The van der Waals surface area contributed by atoms with Crippen LogP contribution in [0, 0.1) is 0 Å². The van der Waals surface area contributed by atoms with Crippen molar-refractivity contribution in [3.63, 3.8) is 0 Å². The van der Waals surface area contributed by atoms with Crippen LogP contribution in [0.25, 0.3) is 0 Å². The standard InChI is InChI=1S/C16H21Cl2N/c1-2-9-19-16(13-5-3-4-6-13)11-12-7-8-14(17)15(18)10-12/h5,7-8,10,16,19H,2-4,6,9,11H2,1H3. The van der Waals surface area contributed by atoms with E-state index in [0.29, 0.717) is 16.1 Å². The molecular formula is C16H21Cl2N. The smallest absolute Gasteiger partial charge is 0.0595 e. The summed E-state index contributed by atoms with van der Waals surface area (Å²) in [6, 6.07) is 6.39. The lowest BCUT2D eigenvalue weighted by Crippen LogP contribution is -2.33. The van der Waals surface area contributed by atoms with E-state index in [4.69, 9.17) is 23.2 Å². The molecule has 0 aliphatic heterocycles. The summed E-state index contributed by atoms with van der Waals surface area (Å²) in [6.45, 7) is 3.26. The van der Waals surface area contributed by atoms with Crippen LogP contribution < -0.4 is 5.32 Å². The first kappa shape index (κ1) is 14.9. The molecule has 104 valence electrons. The van der Waals surface area contributed by atoms with Gasteiger partial charge in [-0.15, -0.1) is 0 Å². The van der Waals surface area contributed by atoms with E-state index in [2.05, 4.69) is 24.4 Å². The van der Waals surface area contributed by atoms with Crippen molar-refractivity contribution in [1.29, 1.82) is 0 Å². The van der Waals surface area contributed by atoms with E-state index in [0.717, 1.165) is 19.4 Å². The number of benzene rings is 1. The zero-order chi connectivity index (χ0) is 13.7. The van der Waals surface area contributed by atoms with Gasteiger partial charge >= 0.3 is 0 Å². The normalized spacial score (nSPS) is 16.5. The van der Waals surface area contributed by atoms with Crippen LogP contribution in [0.4, 0.5) is 0 Å². The van der Waals surface area contributed by atoms with E-state index < -0.39 is 0 Å². The minimum absolute atomic E-state index is 0.444. The monoisotopic (exact) mass is 297 g/mol. The summed E-state index contributed by atoms with van der Waals surface area (Å²) >= 11 is 12.1. The maximum Gasteiger partial charge on any atom is 0.0595 e. The summed E-state index contributed by atoms with van der Waals surface area (Å²) in [4.78, 5) is 0. The Hall–Kier alpha value is -0.500. The lowest BCUT2D eigenvalue weighted by atomic mass is 9.98. The van der Waals surface area contributed by atoms with Gasteiger partial charge in [-0.05, 0) is 56.3 Å². The molecule has 1 aromatic carbocycles. The number of halogens is 2. The molecule has 1 nitrogen and oxygen atoms in total. The molecule has 0 radical (unpaired) electrons. The lowest BCUT2D eigenvalue weighted by Gasteiger charge is -2.20. The van der Waals surface area contributed by atoms with Crippen LogP contribution in [0.1, 0.15) is 38.2 Å². The zero-order valence-electron chi connectivity index (χ0n) is 11.4. The van der Waals surface area contributed by atoms with E-state index >= 15 is 0 Å². The highest BCUT2D eigenvalue weighted by atomic mass is 35.5. The maximum absolute atomic E-state index is 6.09. The summed E-state index contributed by atoms with van der Waals surface area (Å²) in [6.07, 6.45) is 8.28. The van der Waals surface area contributed by atoms with Crippen LogP contribution >= 0.6 is 23.2 Å². The third kappa shape index (κ3) is 4.24. The Bertz CT molecular complexity index is 454. The Morgan fingerprint density at radius 3 is 2.74 bits per heavy atom. The van der Waals surface area contributed by atoms with Crippen LogP contribution in [0.5, 0.6) is 0 Å². The van der Waals surface area contributed by atoms with Gasteiger partial charge in [0.05, 0.1) is 10.0 Å². The second kappa shape index (κ2) is 7.33. The lowest BCUT2D eigenvalue weighted by molar-refractivity contribution is 0.552. The molecule has 19 heavy (non-hydrogen) atoms. The van der Waals surface area contributed by atoms with Gasteiger partial charge in [0.15, 0.2) is 0 Å². The number of hydrogen-bond acceptors (Lipinski definition) is 1. The van der Waals surface area contributed by atoms with Gasteiger partial charge in [0.25, 0.3) is 0 Å². The third-order valence-corrected chi connectivity index (χ3v) is 4.33. The molecule has 3 heteroatoms. The quantitative estimate of drug-likeness (QED) is 0.728. The highest BCUT2D eigenvalue weighted by Gasteiger charge is 2.17. The summed E-state index contributed by atoms with van der Waals surface area (Å²) < 4.78 is 0. The Labute approximate surface area is 126 Å². The van der Waals surface area contributed by atoms with Crippen LogP contribution in [0.2, 0.25) is 10.0 Å². The molecule has 0 bridgehead atoms. The predicted octanol–water partition coefficient (Wildman–Crippen LogP) is 5.01. The van der Waals surface area contributed by atoms with E-state index in [-0.39, 0.29) is 0 Å². The van der Waals surface area contributed by atoms with Crippen molar-refractivity contribution in [2.45, 2.75) is 45.1 Å². The van der Waals surface area contributed by atoms with E-state index in [1.165, 1.54) is 24.8 Å². The van der Waals surface area contributed by atoms with Crippen molar-refractivity contribution >= 4 is 23.2 Å². The first-order valence-corrected chi connectivity index (χ1v) is 7.82. The van der Waals surface area contributed by atoms with Crippen LogP contribution in [-0.4, -0.2) is 12.6 Å². The highest BCUT2D eigenvalue weighted by Crippen LogP contribution is 2.26. The van der Waals surface area contributed by atoms with Crippen molar-refractivity contribution in [2.24, 2.45) is 0 Å². The van der Waals surface area contributed by atoms with Crippen LogP contribution in [-0.2, 0) is 6.42 Å².